The summed E-state index contributed by atoms with van der Waals surface area (Å²) in [7, 11) is 1.64. The van der Waals surface area contributed by atoms with E-state index in [-0.39, 0.29) is 35.1 Å². The minimum atomic E-state index is -0.679. The van der Waals surface area contributed by atoms with Crippen LogP contribution in [0.4, 0.5) is 20.3 Å². The molecule has 0 unspecified atom stereocenters. The molecule has 1 saturated carbocycles. The topological polar surface area (TPSA) is 102 Å². The van der Waals surface area contributed by atoms with Crippen molar-refractivity contribution in [2.45, 2.75) is 39.0 Å². The number of ether oxygens (including phenoxy) is 1. The minimum Gasteiger partial charge on any atom is -0.487 e. The zero-order chi connectivity index (χ0) is 26.5. The first-order valence-electron chi connectivity index (χ1n) is 11.8. The number of nitrogen functional groups attached to an aromatic ring is 1. The molecule has 190 valence electrons. The predicted octanol–water partition coefficient (Wildman–Crippen LogP) is 5.31. The lowest BCUT2D eigenvalue weighted by Crippen LogP contribution is -2.15. The average molecular weight is 504 g/mol. The van der Waals surface area contributed by atoms with Crippen molar-refractivity contribution in [3.8, 4) is 28.8 Å². The zero-order valence-electron chi connectivity index (χ0n) is 20.9. The van der Waals surface area contributed by atoms with E-state index in [4.69, 9.17) is 10.5 Å². The van der Waals surface area contributed by atoms with E-state index in [1.807, 2.05) is 0 Å². The highest BCUT2D eigenvalue weighted by Gasteiger charge is 2.25. The lowest BCUT2D eigenvalue weighted by Gasteiger charge is -2.16. The Morgan fingerprint density at radius 1 is 1.24 bits per heavy atom. The number of rotatable bonds is 8. The molecule has 9 heteroatoms. The van der Waals surface area contributed by atoms with Gasteiger partial charge in [-0.05, 0) is 68.0 Å². The van der Waals surface area contributed by atoms with Gasteiger partial charge < -0.3 is 15.8 Å². The SMILES string of the molecule is CC#CC(CCOc1c(N)ncnc1-c1cc(F)cc(NC(=O)c2ccc(C3CC3)cc2F)c1C)=NC. The van der Waals surface area contributed by atoms with E-state index in [1.54, 1.807) is 27.0 Å². The van der Waals surface area contributed by atoms with Crippen LogP contribution in [0.3, 0.4) is 0 Å². The maximum Gasteiger partial charge on any atom is 0.258 e. The Kier molecular flexibility index (Phi) is 7.77. The molecule has 1 aromatic heterocycles. The van der Waals surface area contributed by atoms with Crippen molar-refractivity contribution in [1.82, 2.24) is 9.97 Å². The highest BCUT2D eigenvalue weighted by atomic mass is 19.1. The number of carbonyl (C=O) groups is 1. The number of nitrogens with zero attached hydrogens (tertiary/aromatic N) is 3. The number of hydrogen-bond donors (Lipinski definition) is 2. The standard InChI is InChI=1S/C28H27F2N5O2/c1-4-5-20(32-3)10-11-37-26-25(33-15-34-27(26)31)22-13-19(29)14-24(16(22)2)35-28(36)21-9-8-18(12-23(21)30)17-6-7-17/h8-9,12-15,17H,6-7,10-11H2,1-3H3,(H,35,36)(H2,31,33,34). The molecule has 1 aliphatic carbocycles. The fourth-order valence-corrected chi connectivity index (χ4v) is 3.98. The monoisotopic (exact) mass is 503 g/mol. The number of halogens is 2. The van der Waals surface area contributed by atoms with Gasteiger partial charge in [0.05, 0.1) is 17.9 Å². The lowest BCUT2D eigenvalue weighted by molar-refractivity contribution is 0.102. The summed E-state index contributed by atoms with van der Waals surface area (Å²) in [6, 6.07) is 7.05. The molecule has 1 aliphatic rings. The average Bonchev–Trinajstić information content (AvgIpc) is 3.72. The first-order valence-corrected chi connectivity index (χ1v) is 11.8. The molecular weight excluding hydrogens is 476 g/mol. The maximum atomic E-state index is 14.7. The third kappa shape index (κ3) is 5.92. The van der Waals surface area contributed by atoms with Crippen molar-refractivity contribution in [3.05, 3.63) is 65.0 Å². The van der Waals surface area contributed by atoms with Crippen LogP contribution >= 0.6 is 0 Å². The van der Waals surface area contributed by atoms with E-state index >= 15 is 0 Å². The number of amides is 1. The fourth-order valence-electron chi connectivity index (χ4n) is 3.98. The van der Waals surface area contributed by atoms with Gasteiger partial charge in [0.25, 0.3) is 5.91 Å². The van der Waals surface area contributed by atoms with Gasteiger partial charge >= 0.3 is 0 Å². The second-order valence-electron chi connectivity index (χ2n) is 8.67. The van der Waals surface area contributed by atoms with Crippen LogP contribution in [-0.2, 0) is 0 Å². The molecule has 3 aromatic rings. The van der Waals surface area contributed by atoms with Gasteiger partial charge in [-0.1, -0.05) is 12.0 Å². The van der Waals surface area contributed by atoms with Gasteiger partial charge in [0, 0.05) is 24.7 Å². The molecule has 3 N–H and O–H groups in total. The molecule has 1 amide bonds. The number of aromatic nitrogens is 2. The summed E-state index contributed by atoms with van der Waals surface area (Å²) >= 11 is 0. The van der Waals surface area contributed by atoms with Gasteiger partial charge in [-0.2, -0.15) is 0 Å². The maximum absolute atomic E-state index is 14.7. The first kappa shape index (κ1) is 25.8. The molecule has 37 heavy (non-hydrogen) atoms. The van der Waals surface area contributed by atoms with Crippen molar-refractivity contribution in [2.24, 2.45) is 4.99 Å². The van der Waals surface area contributed by atoms with Crippen molar-refractivity contribution < 1.29 is 18.3 Å². The number of aliphatic imine (C=N–C) groups is 1. The van der Waals surface area contributed by atoms with Crippen molar-refractivity contribution >= 4 is 23.1 Å². The molecule has 0 aliphatic heterocycles. The number of benzene rings is 2. The summed E-state index contributed by atoms with van der Waals surface area (Å²) in [5.41, 5.74) is 8.77. The zero-order valence-corrected chi connectivity index (χ0v) is 20.9. The van der Waals surface area contributed by atoms with E-state index in [0.717, 1.165) is 18.4 Å². The second kappa shape index (κ2) is 11.2. The van der Waals surface area contributed by atoms with Crippen molar-refractivity contribution in [2.75, 3.05) is 24.7 Å². The molecule has 4 rings (SSSR count). The van der Waals surface area contributed by atoms with Crippen LogP contribution < -0.4 is 15.8 Å². The van der Waals surface area contributed by atoms with Crippen molar-refractivity contribution in [3.63, 3.8) is 0 Å². The summed E-state index contributed by atoms with van der Waals surface area (Å²) in [5.74, 6) is 4.38. The second-order valence-corrected chi connectivity index (χ2v) is 8.67. The molecule has 0 spiro atoms. The summed E-state index contributed by atoms with van der Waals surface area (Å²) in [4.78, 5) is 25.3. The Labute approximate surface area is 214 Å². The molecule has 1 fully saturated rings. The molecule has 0 saturated heterocycles. The predicted molar refractivity (Wildman–Crippen MR) is 140 cm³/mol. The fraction of sp³-hybridized carbons (Fsp3) is 0.286. The summed E-state index contributed by atoms with van der Waals surface area (Å²) in [6.07, 6.45) is 3.73. The normalized spacial score (nSPS) is 13.1. The Bertz CT molecular complexity index is 1440. The van der Waals surface area contributed by atoms with E-state index in [2.05, 4.69) is 32.1 Å². The van der Waals surface area contributed by atoms with Gasteiger partial charge in [0.2, 0.25) is 0 Å². The number of hydrogen-bond acceptors (Lipinski definition) is 6. The van der Waals surface area contributed by atoms with Crippen LogP contribution in [-0.4, -0.2) is 35.2 Å². The molecule has 2 aromatic carbocycles. The van der Waals surface area contributed by atoms with Crippen LogP contribution in [0.5, 0.6) is 5.75 Å². The molecule has 7 nitrogen and oxygen atoms in total. The molecular formula is C28H27F2N5O2. The third-order valence-corrected chi connectivity index (χ3v) is 6.12. The van der Waals surface area contributed by atoms with Gasteiger partial charge in [-0.15, -0.1) is 5.92 Å². The van der Waals surface area contributed by atoms with Gasteiger partial charge in [0.1, 0.15) is 23.7 Å². The smallest absolute Gasteiger partial charge is 0.258 e. The highest BCUT2D eigenvalue weighted by molar-refractivity contribution is 6.05. The van der Waals surface area contributed by atoms with Crippen molar-refractivity contribution in [1.29, 1.82) is 0 Å². The Hall–Kier alpha value is -4.32. The number of nitrogens with one attached hydrogen (secondary N) is 1. The van der Waals surface area contributed by atoms with E-state index in [1.165, 1.54) is 30.6 Å². The number of nitrogens with two attached hydrogens (primary N) is 1. The Balaban J connectivity index is 1.62. The molecule has 1 heterocycles. The molecule has 0 atom stereocenters. The number of carbonyl (C=O) groups excluding carboxylic acids is 1. The highest BCUT2D eigenvalue weighted by Crippen LogP contribution is 2.40. The minimum absolute atomic E-state index is 0.0774. The van der Waals surface area contributed by atoms with Gasteiger partial charge in [0.15, 0.2) is 11.6 Å². The first-order chi connectivity index (χ1) is 17.8. The van der Waals surface area contributed by atoms with Crippen LogP contribution in [0.2, 0.25) is 0 Å². The summed E-state index contributed by atoms with van der Waals surface area (Å²) < 4.78 is 35.3. The Morgan fingerprint density at radius 2 is 2.03 bits per heavy atom. The number of anilines is 2. The van der Waals surface area contributed by atoms with Crippen LogP contribution in [0, 0.1) is 30.4 Å². The lowest BCUT2D eigenvalue weighted by atomic mass is 10.0. The van der Waals surface area contributed by atoms with E-state index in [9.17, 15) is 13.6 Å². The quantitative estimate of drug-likeness (QED) is 0.321. The van der Waals surface area contributed by atoms with Crippen LogP contribution in [0.15, 0.2) is 41.7 Å². The summed E-state index contributed by atoms with van der Waals surface area (Å²) in [6.45, 7) is 3.60. The molecule has 0 bridgehead atoms. The van der Waals surface area contributed by atoms with Gasteiger partial charge in [-0.3, -0.25) is 9.79 Å². The molecule has 0 radical (unpaired) electrons. The summed E-state index contributed by atoms with van der Waals surface area (Å²) in [5, 5.41) is 2.63. The van der Waals surface area contributed by atoms with Crippen LogP contribution in [0.1, 0.15) is 53.6 Å². The third-order valence-electron chi connectivity index (χ3n) is 6.12. The van der Waals surface area contributed by atoms with E-state index < -0.39 is 17.5 Å². The van der Waals surface area contributed by atoms with E-state index in [0.29, 0.717) is 29.2 Å². The Morgan fingerprint density at radius 3 is 2.70 bits per heavy atom. The van der Waals surface area contributed by atoms with Gasteiger partial charge in [-0.25, -0.2) is 18.7 Å². The van der Waals surface area contributed by atoms with Crippen LogP contribution in [0.25, 0.3) is 11.3 Å². The largest absolute Gasteiger partial charge is 0.487 e.